The van der Waals surface area contributed by atoms with Crippen LogP contribution in [0.4, 0.5) is 10.5 Å². The SMILES string of the molecule is COc1cccc(N2C(=O)NC(=O)[C@H](C=NCCN3CCCCC3)C2=O)c1. The molecule has 144 valence electrons. The predicted molar refractivity (Wildman–Crippen MR) is 101 cm³/mol. The highest BCUT2D eigenvalue weighted by molar-refractivity contribution is 6.32. The van der Waals surface area contributed by atoms with Gasteiger partial charge in [-0.3, -0.25) is 19.9 Å². The first-order chi connectivity index (χ1) is 13.1. The van der Waals surface area contributed by atoms with E-state index < -0.39 is 23.8 Å². The molecule has 8 heteroatoms. The number of likely N-dealkylation sites (tertiary alicyclic amines) is 1. The summed E-state index contributed by atoms with van der Waals surface area (Å²) in [6, 6.07) is 5.79. The van der Waals surface area contributed by atoms with Gasteiger partial charge in [0.25, 0.3) is 5.91 Å². The second-order valence-corrected chi connectivity index (χ2v) is 6.60. The van der Waals surface area contributed by atoms with Crippen LogP contribution < -0.4 is 15.0 Å². The van der Waals surface area contributed by atoms with Crippen LogP contribution in [0, 0.1) is 5.92 Å². The van der Waals surface area contributed by atoms with Crippen LogP contribution in [0.5, 0.6) is 5.75 Å². The third-order valence-electron chi connectivity index (χ3n) is 4.76. The maximum absolute atomic E-state index is 12.7. The topological polar surface area (TPSA) is 91.3 Å². The number of imide groups is 2. The molecule has 0 saturated carbocycles. The van der Waals surface area contributed by atoms with Gasteiger partial charge in [0.1, 0.15) is 5.75 Å². The summed E-state index contributed by atoms with van der Waals surface area (Å²) in [6.45, 7) is 3.45. The van der Waals surface area contributed by atoms with Crippen molar-refractivity contribution in [2.45, 2.75) is 19.3 Å². The van der Waals surface area contributed by atoms with Crippen molar-refractivity contribution in [3.63, 3.8) is 0 Å². The Kier molecular flexibility index (Phi) is 6.18. The lowest BCUT2D eigenvalue weighted by Crippen LogP contribution is -2.58. The quantitative estimate of drug-likeness (QED) is 0.603. The molecule has 1 N–H and O–H groups in total. The van der Waals surface area contributed by atoms with Crippen LogP contribution in [0.2, 0.25) is 0 Å². The molecule has 0 aliphatic carbocycles. The Labute approximate surface area is 158 Å². The number of anilines is 1. The van der Waals surface area contributed by atoms with Gasteiger partial charge in [-0.05, 0) is 38.1 Å². The Morgan fingerprint density at radius 2 is 2.00 bits per heavy atom. The molecule has 2 aliphatic rings. The molecule has 27 heavy (non-hydrogen) atoms. The summed E-state index contributed by atoms with van der Waals surface area (Å²) >= 11 is 0. The molecule has 0 bridgehead atoms. The van der Waals surface area contributed by atoms with Crippen LogP contribution >= 0.6 is 0 Å². The number of nitrogens with one attached hydrogen (secondary N) is 1. The zero-order chi connectivity index (χ0) is 19.2. The number of barbiturate groups is 1. The molecule has 1 aromatic carbocycles. The van der Waals surface area contributed by atoms with E-state index in [1.807, 2.05) is 0 Å². The molecule has 2 aliphatic heterocycles. The van der Waals surface area contributed by atoms with E-state index in [1.54, 1.807) is 24.3 Å². The number of benzene rings is 1. The summed E-state index contributed by atoms with van der Waals surface area (Å²) in [7, 11) is 1.50. The molecule has 0 radical (unpaired) electrons. The van der Waals surface area contributed by atoms with E-state index in [0.717, 1.165) is 24.5 Å². The number of urea groups is 1. The predicted octanol–water partition coefficient (Wildman–Crippen LogP) is 1.45. The lowest BCUT2D eigenvalue weighted by molar-refractivity contribution is -0.131. The molecule has 1 atom stereocenters. The van der Waals surface area contributed by atoms with Crippen LogP contribution in [0.15, 0.2) is 29.3 Å². The molecule has 4 amide bonds. The second-order valence-electron chi connectivity index (χ2n) is 6.60. The standard InChI is InChI=1S/C19H24N4O4/c1-27-15-7-5-6-14(12-15)23-18(25)16(17(24)21-19(23)26)13-20-8-11-22-9-3-2-4-10-22/h5-7,12-13,16H,2-4,8-11H2,1H3,(H,21,24,26)/t16-/m0/s1. The van der Waals surface area contributed by atoms with E-state index in [1.165, 1.54) is 32.6 Å². The highest BCUT2D eigenvalue weighted by Gasteiger charge is 2.40. The van der Waals surface area contributed by atoms with Crippen molar-refractivity contribution in [2.24, 2.45) is 10.9 Å². The molecule has 1 aromatic rings. The number of carbonyl (C=O) groups is 3. The fraction of sp³-hybridized carbons (Fsp3) is 0.474. The zero-order valence-corrected chi connectivity index (χ0v) is 15.4. The van der Waals surface area contributed by atoms with E-state index in [-0.39, 0.29) is 0 Å². The summed E-state index contributed by atoms with van der Waals surface area (Å²) in [4.78, 5) is 44.6. The van der Waals surface area contributed by atoms with Gasteiger partial charge in [-0.15, -0.1) is 0 Å². The molecule has 3 rings (SSSR count). The van der Waals surface area contributed by atoms with Gasteiger partial charge in [0.15, 0.2) is 5.92 Å². The molecular weight excluding hydrogens is 348 g/mol. The van der Waals surface area contributed by atoms with Gasteiger partial charge in [-0.2, -0.15) is 0 Å². The molecule has 2 saturated heterocycles. The number of amides is 4. The number of carbonyl (C=O) groups excluding carboxylic acids is 3. The number of nitrogens with zero attached hydrogens (tertiary/aromatic N) is 3. The maximum atomic E-state index is 12.7. The van der Waals surface area contributed by atoms with Gasteiger partial charge in [-0.1, -0.05) is 12.5 Å². The normalized spacial score (nSPS) is 21.6. The molecule has 8 nitrogen and oxygen atoms in total. The summed E-state index contributed by atoms with van der Waals surface area (Å²) < 4.78 is 5.13. The average Bonchev–Trinajstić information content (AvgIpc) is 2.68. The molecular formula is C19H24N4O4. The highest BCUT2D eigenvalue weighted by Crippen LogP contribution is 2.24. The fourth-order valence-corrected chi connectivity index (χ4v) is 3.28. The smallest absolute Gasteiger partial charge is 0.335 e. The van der Waals surface area contributed by atoms with Crippen molar-refractivity contribution in [1.82, 2.24) is 10.2 Å². The van der Waals surface area contributed by atoms with Gasteiger partial charge < -0.3 is 9.64 Å². The zero-order valence-electron chi connectivity index (χ0n) is 15.4. The van der Waals surface area contributed by atoms with Crippen LogP contribution in [0.25, 0.3) is 0 Å². The van der Waals surface area contributed by atoms with Crippen molar-refractivity contribution >= 4 is 29.7 Å². The van der Waals surface area contributed by atoms with E-state index in [9.17, 15) is 14.4 Å². The minimum Gasteiger partial charge on any atom is -0.497 e. The number of rotatable bonds is 6. The minimum atomic E-state index is -1.12. The number of piperidine rings is 1. The monoisotopic (exact) mass is 372 g/mol. The lowest BCUT2D eigenvalue weighted by Gasteiger charge is -2.28. The third kappa shape index (κ3) is 4.51. The van der Waals surface area contributed by atoms with Crippen molar-refractivity contribution in [3.8, 4) is 5.75 Å². The highest BCUT2D eigenvalue weighted by atomic mass is 16.5. The van der Waals surface area contributed by atoms with Gasteiger partial charge >= 0.3 is 6.03 Å². The Hall–Kier alpha value is -2.74. The molecule has 0 unspecified atom stereocenters. The van der Waals surface area contributed by atoms with Crippen LogP contribution in [-0.2, 0) is 9.59 Å². The number of aliphatic imine (C=N–C) groups is 1. The van der Waals surface area contributed by atoms with E-state index in [0.29, 0.717) is 18.0 Å². The lowest BCUT2D eigenvalue weighted by atomic mass is 10.1. The van der Waals surface area contributed by atoms with Gasteiger partial charge in [0.05, 0.1) is 19.3 Å². The molecule has 0 spiro atoms. The Morgan fingerprint density at radius 1 is 1.22 bits per heavy atom. The summed E-state index contributed by atoms with van der Waals surface area (Å²) in [6.07, 6.45) is 5.02. The van der Waals surface area contributed by atoms with E-state index in [4.69, 9.17) is 4.74 Å². The van der Waals surface area contributed by atoms with Crippen molar-refractivity contribution in [1.29, 1.82) is 0 Å². The van der Waals surface area contributed by atoms with Crippen molar-refractivity contribution in [3.05, 3.63) is 24.3 Å². The Morgan fingerprint density at radius 3 is 2.74 bits per heavy atom. The van der Waals surface area contributed by atoms with Crippen LogP contribution in [0.3, 0.4) is 0 Å². The van der Waals surface area contributed by atoms with E-state index >= 15 is 0 Å². The summed E-state index contributed by atoms with van der Waals surface area (Å²) in [5.74, 6) is -1.86. The minimum absolute atomic E-state index is 0.344. The van der Waals surface area contributed by atoms with Crippen LogP contribution in [-0.4, -0.2) is 62.2 Å². The second kappa shape index (κ2) is 8.77. The van der Waals surface area contributed by atoms with Crippen molar-refractivity contribution in [2.75, 3.05) is 38.2 Å². The Balaban J connectivity index is 1.67. The number of hydrogen-bond donors (Lipinski definition) is 1. The van der Waals surface area contributed by atoms with Gasteiger partial charge in [-0.25, -0.2) is 9.69 Å². The molecule has 2 fully saturated rings. The van der Waals surface area contributed by atoms with E-state index in [2.05, 4.69) is 15.2 Å². The first kappa shape index (κ1) is 19.0. The van der Waals surface area contributed by atoms with Crippen LogP contribution in [0.1, 0.15) is 19.3 Å². The number of hydrogen-bond acceptors (Lipinski definition) is 6. The van der Waals surface area contributed by atoms with Crippen molar-refractivity contribution < 1.29 is 19.1 Å². The third-order valence-corrected chi connectivity index (χ3v) is 4.76. The van der Waals surface area contributed by atoms with Gasteiger partial charge in [0, 0.05) is 18.8 Å². The maximum Gasteiger partial charge on any atom is 0.335 e. The average molecular weight is 372 g/mol. The summed E-state index contributed by atoms with van der Waals surface area (Å²) in [5, 5.41) is 2.22. The van der Waals surface area contributed by atoms with Gasteiger partial charge in [0.2, 0.25) is 5.91 Å². The fourth-order valence-electron chi connectivity index (χ4n) is 3.28. The number of methoxy groups -OCH3 is 1. The first-order valence-corrected chi connectivity index (χ1v) is 9.15. The number of ether oxygens (including phenoxy) is 1. The largest absolute Gasteiger partial charge is 0.497 e. The first-order valence-electron chi connectivity index (χ1n) is 9.15. The Bertz CT molecular complexity index is 743. The molecule has 0 aromatic heterocycles. The summed E-state index contributed by atoms with van der Waals surface area (Å²) in [5.41, 5.74) is 0.344. The molecule has 2 heterocycles.